The molecule has 1 amide bonds. The lowest BCUT2D eigenvalue weighted by atomic mass is 10.1. The molecular weight excluding hydrogens is 478 g/mol. The summed E-state index contributed by atoms with van der Waals surface area (Å²) in [6, 6.07) is 14.7. The van der Waals surface area contributed by atoms with Gasteiger partial charge in [0.2, 0.25) is 0 Å². The number of carbonyl (C=O) groups excluding carboxylic acids is 1. The van der Waals surface area contributed by atoms with Crippen LogP contribution < -0.4 is 10.2 Å². The smallest absolute Gasteiger partial charge is 0.328 e. The second-order valence-corrected chi connectivity index (χ2v) is 9.29. The highest BCUT2D eigenvalue weighted by molar-refractivity contribution is 7.99. The summed E-state index contributed by atoms with van der Waals surface area (Å²) >= 11 is 1.79. The Bertz CT molecular complexity index is 1140. The first-order valence-corrected chi connectivity index (χ1v) is 12.7. The van der Waals surface area contributed by atoms with E-state index in [9.17, 15) is 14.4 Å². The minimum absolute atomic E-state index is 0.00402. The number of hydrogen-bond donors (Lipinski definition) is 3. The number of rotatable bonds is 8. The average molecular weight is 510 g/mol. The lowest BCUT2D eigenvalue weighted by molar-refractivity contribution is -0.134. The van der Waals surface area contributed by atoms with Crippen LogP contribution in [-0.2, 0) is 9.59 Å². The molecule has 8 nitrogen and oxygen atoms in total. The van der Waals surface area contributed by atoms with Crippen molar-refractivity contribution >= 4 is 41.0 Å². The van der Waals surface area contributed by atoms with Crippen molar-refractivity contribution in [2.75, 3.05) is 24.5 Å². The predicted octanol–water partition coefficient (Wildman–Crippen LogP) is 4.75. The van der Waals surface area contributed by atoms with E-state index in [4.69, 9.17) is 10.2 Å². The zero-order valence-corrected chi connectivity index (χ0v) is 21.2. The number of nitrogens with zero attached hydrogens (tertiary/aromatic N) is 2. The van der Waals surface area contributed by atoms with Crippen LogP contribution in [0.3, 0.4) is 0 Å². The zero-order chi connectivity index (χ0) is 26.1. The molecule has 36 heavy (non-hydrogen) atoms. The van der Waals surface area contributed by atoms with Crippen LogP contribution in [0.1, 0.15) is 37.0 Å². The first kappa shape index (κ1) is 27.0. The number of nitrogens with one attached hydrogen (secondary N) is 1. The Balaban J connectivity index is 0.000000392. The van der Waals surface area contributed by atoms with E-state index in [2.05, 4.69) is 77.5 Å². The number of carboxylic acid groups (broad SMARTS) is 2. The van der Waals surface area contributed by atoms with E-state index in [-0.39, 0.29) is 12.1 Å². The molecule has 2 aromatic carbocycles. The second kappa shape index (κ2) is 12.9. The molecule has 2 heterocycles. The maximum Gasteiger partial charge on any atom is 0.328 e. The normalized spacial score (nSPS) is 15.0. The molecule has 0 saturated carbocycles. The molecule has 0 aliphatic carbocycles. The van der Waals surface area contributed by atoms with Gasteiger partial charge in [-0.3, -0.25) is 9.69 Å². The molecule has 190 valence electrons. The number of para-hydroxylation sites is 1. The molecule has 1 unspecified atom stereocenters. The van der Waals surface area contributed by atoms with Gasteiger partial charge in [0, 0.05) is 47.1 Å². The van der Waals surface area contributed by atoms with Gasteiger partial charge in [-0.1, -0.05) is 49.9 Å². The highest BCUT2D eigenvalue weighted by Crippen LogP contribution is 2.49. The zero-order valence-electron chi connectivity index (χ0n) is 20.4. The van der Waals surface area contributed by atoms with Crippen molar-refractivity contribution in [3.63, 3.8) is 0 Å². The van der Waals surface area contributed by atoms with Gasteiger partial charge in [0.25, 0.3) is 5.91 Å². The van der Waals surface area contributed by atoms with Crippen molar-refractivity contribution in [2.24, 2.45) is 0 Å². The first-order valence-electron chi connectivity index (χ1n) is 11.9. The lowest BCUT2D eigenvalue weighted by Gasteiger charge is -2.42. The standard InChI is InChI=1S/C23H27N3OS.C4H4O4/c1-3-13-24-23(27)17-11-12-21-19(16-17)26(18-9-5-6-10-20(18)28-21)22(4-2)25-14-7-8-15-25;5-3(6)1-2-4(7)8/h5-12,16,22H,3-4,13-15H2,1-2H3,(H,24,27);1-2H,(H,5,6)(H,7,8). The van der Waals surface area contributed by atoms with Crippen molar-refractivity contribution in [3.8, 4) is 0 Å². The molecule has 2 aliphatic rings. The number of amides is 1. The fourth-order valence-corrected chi connectivity index (χ4v) is 5.12. The van der Waals surface area contributed by atoms with Crippen LogP contribution >= 0.6 is 11.8 Å². The molecular formula is C27H31N3O5S. The Morgan fingerprint density at radius 3 is 2.22 bits per heavy atom. The van der Waals surface area contributed by atoms with Gasteiger partial charge in [0.1, 0.15) is 0 Å². The van der Waals surface area contributed by atoms with Gasteiger partial charge in [-0.25, -0.2) is 9.59 Å². The Labute approximate surface area is 215 Å². The third kappa shape index (κ3) is 6.77. The fourth-order valence-electron chi connectivity index (χ4n) is 4.07. The van der Waals surface area contributed by atoms with Gasteiger partial charge < -0.3 is 20.4 Å². The molecule has 0 aromatic heterocycles. The van der Waals surface area contributed by atoms with E-state index in [0.29, 0.717) is 18.7 Å². The Morgan fingerprint density at radius 1 is 0.972 bits per heavy atom. The number of anilines is 2. The van der Waals surface area contributed by atoms with E-state index >= 15 is 0 Å². The highest BCUT2D eigenvalue weighted by Gasteiger charge is 2.32. The molecule has 2 aliphatic heterocycles. The number of aliphatic carboxylic acids is 2. The summed E-state index contributed by atoms with van der Waals surface area (Å²) in [5, 5.41) is 18.6. The van der Waals surface area contributed by atoms with Crippen LogP contribution in [0.4, 0.5) is 11.4 Å². The van der Waals surface area contributed by atoms with Gasteiger partial charge in [-0.05, 0) is 43.2 Å². The highest BCUT2D eigenvalue weighted by atomic mass is 32.2. The largest absolute Gasteiger partial charge is 0.478 e. The molecule has 0 bridgehead atoms. The summed E-state index contributed by atoms with van der Waals surface area (Å²) in [4.78, 5) is 39.1. The Kier molecular flexibility index (Phi) is 9.72. The maximum absolute atomic E-state index is 12.6. The predicted molar refractivity (Wildman–Crippen MR) is 141 cm³/mol. The Hall–Kier alpha value is -3.56. The van der Waals surface area contributed by atoms with Gasteiger partial charge in [0.05, 0.1) is 17.5 Å². The summed E-state index contributed by atoms with van der Waals surface area (Å²) in [7, 11) is 0. The van der Waals surface area contributed by atoms with Crippen LogP contribution in [0.25, 0.3) is 0 Å². The Morgan fingerprint density at radius 2 is 1.61 bits per heavy atom. The molecule has 2 aromatic rings. The lowest BCUT2D eigenvalue weighted by Crippen LogP contribution is -2.46. The van der Waals surface area contributed by atoms with E-state index in [1.807, 2.05) is 6.07 Å². The number of carbonyl (C=O) groups is 3. The molecule has 0 saturated heterocycles. The number of carboxylic acids is 2. The van der Waals surface area contributed by atoms with E-state index < -0.39 is 11.9 Å². The van der Waals surface area contributed by atoms with E-state index in [0.717, 1.165) is 37.2 Å². The topological polar surface area (TPSA) is 110 Å². The SMILES string of the molecule is CCCNC(=O)c1ccc2c(c1)N(C(CC)N1CC=CC1)c1ccccc1S2.O=C(O)C=CC(=O)O. The third-order valence-electron chi connectivity index (χ3n) is 5.66. The van der Waals surface area contributed by atoms with Crippen LogP contribution in [0.15, 0.2) is 76.6 Å². The summed E-state index contributed by atoms with van der Waals surface area (Å²) in [5.74, 6) is -2.51. The summed E-state index contributed by atoms with van der Waals surface area (Å²) in [6.07, 6.45) is 7.79. The number of benzene rings is 2. The molecule has 1 atom stereocenters. The minimum Gasteiger partial charge on any atom is -0.478 e. The van der Waals surface area contributed by atoms with Crippen LogP contribution in [-0.4, -0.2) is 58.8 Å². The van der Waals surface area contributed by atoms with Crippen molar-refractivity contribution < 1.29 is 24.6 Å². The van der Waals surface area contributed by atoms with Gasteiger partial charge >= 0.3 is 11.9 Å². The van der Waals surface area contributed by atoms with Gasteiger partial charge in [-0.2, -0.15) is 0 Å². The van der Waals surface area contributed by atoms with Gasteiger partial charge in [0.15, 0.2) is 0 Å². The number of hydrogen-bond acceptors (Lipinski definition) is 6. The summed E-state index contributed by atoms with van der Waals surface area (Å²) in [6.45, 7) is 6.95. The van der Waals surface area contributed by atoms with E-state index in [1.54, 1.807) is 11.8 Å². The van der Waals surface area contributed by atoms with Crippen molar-refractivity contribution in [1.82, 2.24) is 10.2 Å². The molecule has 0 radical (unpaired) electrons. The van der Waals surface area contributed by atoms with Crippen molar-refractivity contribution in [3.05, 3.63) is 72.3 Å². The molecule has 4 rings (SSSR count). The van der Waals surface area contributed by atoms with Gasteiger partial charge in [-0.15, -0.1) is 0 Å². The number of fused-ring (bicyclic) bond motifs is 2. The minimum atomic E-state index is -1.26. The summed E-state index contributed by atoms with van der Waals surface area (Å²) in [5.41, 5.74) is 3.09. The van der Waals surface area contributed by atoms with Crippen molar-refractivity contribution in [1.29, 1.82) is 0 Å². The second-order valence-electron chi connectivity index (χ2n) is 8.20. The molecule has 0 fully saturated rings. The average Bonchev–Trinajstić information content (AvgIpc) is 3.41. The third-order valence-corrected chi connectivity index (χ3v) is 6.79. The van der Waals surface area contributed by atoms with Crippen molar-refractivity contribution in [2.45, 2.75) is 42.6 Å². The maximum atomic E-state index is 12.6. The summed E-state index contributed by atoms with van der Waals surface area (Å²) < 4.78 is 0. The van der Waals surface area contributed by atoms with Crippen LogP contribution in [0.5, 0.6) is 0 Å². The van der Waals surface area contributed by atoms with Crippen LogP contribution in [0.2, 0.25) is 0 Å². The van der Waals surface area contributed by atoms with E-state index in [1.165, 1.54) is 15.5 Å². The van der Waals surface area contributed by atoms with Crippen LogP contribution in [0, 0.1) is 0 Å². The molecule has 3 N–H and O–H groups in total. The first-order chi connectivity index (χ1) is 17.3. The monoisotopic (exact) mass is 509 g/mol. The fraction of sp³-hybridized carbons (Fsp3) is 0.296. The quantitative estimate of drug-likeness (QED) is 0.346. The molecule has 0 spiro atoms. The molecule has 9 heteroatoms.